The minimum absolute atomic E-state index is 0.0903. The molecule has 1 N–H and O–H groups in total. The highest BCUT2D eigenvalue weighted by Crippen LogP contribution is 2.27. The second kappa shape index (κ2) is 5.87. The van der Waals surface area contributed by atoms with Gasteiger partial charge in [0.15, 0.2) is 0 Å². The van der Waals surface area contributed by atoms with Gasteiger partial charge in [-0.3, -0.25) is 9.59 Å². The summed E-state index contributed by atoms with van der Waals surface area (Å²) in [6, 6.07) is 6.03. The fraction of sp³-hybridized carbons (Fsp3) is 0.467. The molecule has 2 rings (SSSR count). The largest absolute Gasteiger partial charge is 0.352 e. The highest BCUT2D eigenvalue weighted by molar-refractivity contribution is 5.95. The summed E-state index contributed by atoms with van der Waals surface area (Å²) in [5.74, 6) is 0.254. The van der Waals surface area contributed by atoms with Gasteiger partial charge in [0.1, 0.15) is 0 Å². The van der Waals surface area contributed by atoms with Crippen LogP contribution < -0.4 is 10.2 Å². The highest BCUT2D eigenvalue weighted by atomic mass is 16.2. The molecule has 0 saturated carbocycles. The molecule has 0 unspecified atom stereocenters. The lowest BCUT2D eigenvalue weighted by Crippen LogP contribution is -2.31. The molecule has 0 aliphatic carbocycles. The molecule has 0 aromatic heterocycles. The number of hydrogen-bond acceptors (Lipinski definition) is 2. The van der Waals surface area contributed by atoms with Gasteiger partial charge in [0.05, 0.1) is 0 Å². The molecule has 19 heavy (non-hydrogen) atoms. The van der Waals surface area contributed by atoms with Crippen molar-refractivity contribution in [2.75, 3.05) is 11.9 Å². The number of benzene rings is 1. The Hall–Kier alpha value is -1.84. The van der Waals surface area contributed by atoms with Crippen molar-refractivity contribution in [2.45, 2.75) is 39.2 Å². The van der Waals surface area contributed by atoms with E-state index in [0.29, 0.717) is 19.4 Å². The van der Waals surface area contributed by atoms with E-state index in [4.69, 9.17) is 0 Å². The molecule has 0 fully saturated rings. The van der Waals surface area contributed by atoms with Crippen LogP contribution in [0, 0.1) is 0 Å². The quantitative estimate of drug-likeness (QED) is 0.900. The summed E-state index contributed by atoms with van der Waals surface area (Å²) in [5.41, 5.74) is 3.26. The first kappa shape index (κ1) is 13.6. The predicted octanol–water partition coefficient (Wildman–Crippen LogP) is 2.01. The van der Waals surface area contributed by atoms with Crippen molar-refractivity contribution in [1.82, 2.24) is 5.32 Å². The number of amides is 2. The van der Waals surface area contributed by atoms with Gasteiger partial charge in [0.2, 0.25) is 11.8 Å². The van der Waals surface area contributed by atoms with Crippen molar-refractivity contribution in [2.24, 2.45) is 0 Å². The molecule has 1 aromatic rings. The van der Waals surface area contributed by atoms with Crippen LogP contribution >= 0.6 is 0 Å². The minimum atomic E-state index is 0.0903. The molecule has 0 atom stereocenters. The number of aryl methyl sites for hydroxylation is 1. The first-order chi connectivity index (χ1) is 9.11. The van der Waals surface area contributed by atoms with E-state index in [-0.39, 0.29) is 11.8 Å². The maximum Gasteiger partial charge on any atom is 0.227 e. The van der Waals surface area contributed by atoms with Crippen molar-refractivity contribution in [3.8, 4) is 0 Å². The third-order valence-corrected chi connectivity index (χ3v) is 3.45. The van der Waals surface area contributed by atoms with Gasteiger partial charge in [-0.15, -0.1) is 0 Å². The van der Waals surface area contributed by atoms with Gasteiger partial charge < -0.3 is 10.2 Å². The third-order valence-electron chi connectivity index (χ3n) is 3.45. The van der Waals surface area contributed by atoms with E-state index in [2.05, 4.69) is 11.4 Å². The molecule has 102 valence electrons. The van der Waals surface area contributed by atoms with Gasteiger partial charge in [0, 0.05) is 32.1 Å². The molecule has 1 aliphatic rings. The number of hydrogen-bond donors (Lipinski definition) is 1. The molecular weight excluding hydrogens is 240 g/mol. The van der Waals surface area contributed by atoms with Crippen LogP contribution in [0.3, 0.4) is 0 Å². The lowest BCUT2D eigenvalue weighted by Gasteiger charge is -2.26. The SMILES string of the molecule is CCCC(=O)NCc1ccc2c(c1)CCC(=O)N2C. The molecule has 0 saturated heterocycles. The van der Waals surface area contributed by atoms with Gasteiger partial charge in [0.25, 0.3) is 0 Å². The van der Waals surface area contributed by atoms with Crippen LogP contribution in [-0.4, -0.2) is 18.9 Å². The molecule has 1 aromatic carbocycles. The van der Waals surface area contributed by atoms with Crippen molar-refractivity contribution >= 4 is 17.5 Å². The van der Waals surface area contributed by atoms with Crippen LogP contribution in [0.15, 0.2) is 18.2 Å². The molecule has 4 nitrogen and oxygen atoms in total. The lowest BCUT2D eigenvalue weighted by molar-refractivity contribution is -0.121. The molecule has 1 heterocycles. The predicted molar refractivity (Wildman–Crippen MR) is 74.9 cm³/mol. The molecule has 2 amide bonds. The van der Waals surface area contributed by atoms with E-state index in [0.717, 1.165) is 24.1 Å². The van der Waals surface area contributed by atoms with Crippen LogP contribution in [0.5, 0.6) is 0 Å². The number of nitrogens with zero attached hydrogens (tertiary/aromatic N) is 1. The van der Waals surface area contributed by atoms with Crippen LogP contribution in [-0.2, 0) is 22.6 Å². The monoisotopic (exact) mass is 260 g/mol. The molecular formula is C15H20N2O2. The van der Waals surface area contributed by atoms with Crippen LogP contribution in [0.25, 0.3) is 0 Å². The Kier molecular flexibility index (Phi) is 4.20. The average molecular weight is 260 g/mol. The third kappa shape index (κ3) is 3.13. The lowest BCUT2D eigenvalue weighted by atomic mass is 9.99. The van der Waals surface area contributed by atoms with Crippen molar-refractivity contribution in [3.05, 3.63) is 29.3 Å². The number of carbonyl (C=O) groups is 2. The summed E-state index contributed by atoms with van der Waals surface area (Å²) >= 11 is 0. The Balaban J connectivity index is 2.05. The van der Waals surface area contributed by atoms with Gasteiger partial charge in [-0.1, -0.05) is 19.1 Å². The Labute approximate surface area is 113 Å². The van der Waals surface area contributed by atoms with Crippen molar-refractivity contribution < 1.29 is 9.59 Å². The Morgan fingerprint density at radius 3 is 2.89 bits per heavy atom. The number of anilines is 1. The molecule has 4 heteroatoms. The van der Waals surface area contributed by atoms with E-state index in [1.807, 2.05) is 26.1 Å². The number of fused-ring (bicyclic) bond motifs is 1. The summed E-state index contributed by atoms with van der Waals surface area (Å²) in [6.07, 6.45) is 2.79. The first-order valence-electron chi connectivity index (χ1n) is 6.77. The number of rotatable bonds is 4. The summed E-state index contributed by atoms with van der Waals surface area (Å²) in [7, 11) is 1.81. The summed E-state index contributed by atoms with van der Waals surface area (Å²) < 4.78 is 0. The molecule has 0 bridgehead atoms. The zero-order valence-electron chi connectivity index (χ0n) is 11.5. The Morgan fingerprint density at radius 1 is 1.37 bits per heavy atom. The smallest absolute Gasteiger partial charge is 0.227 e. The number of carbonyl (C=O) groups excluding carboxylic acids is 2. The van der Waals surface area contributed by atoms with Gasteiger partial charge in [-0.2, -0.15) is 0 Å². The highest BCUT2D eigenvalue weighted by Gasteiger charge is 2.20. The van der Waals surface area contributed by atoms with E-state index in [9.17, 15) is 9.59 Å². The molecule has 0 radical (unpaired) electrons. The maximum atomic E-state index is 11.6. The minimum Gasteiger partial charge on any atom is -0.352 e. The van der Waals surface area contributed by atoms with Crippen LogP contribution in [0.2, 0.25) is 0 Å². The van der Waals surface area contributed by atoms with Gasteiger partial charge in [-0.25, -0.2) is 0 Å². The zero-order valence-corrected chi connectivity index (χ0v) is 11.5. The molecule has 1 aliphatic heterocycles. The number of nitrogens with one attached hydrogen (secondary N) is 1. The topological polar surface area (TPSA) is 49.4 Å². The van der Waals surface area contributed by atoms with Crippen LogP contribution in [0.4, 0.5) is 5.69 Å². The first-order valence-corrected chi connectivity index (χ1v) is 6.77. The fourth-order valence-corrected chi connectivity index (χ4v) is 2.34. The normalized spacial score (nSPS) is 14.2. The summed E-state index contributed by atoms with van der Waals surface area (Å²) in [5, 5.41) is 2.91. The summed E-state index contributed by atoms with van der Waals surface area (Å²) in [6.45, 7) is 2.55. The second-order valence-corrected chi connectivity index (χ2v) is 4.94. The van der Waals surface area contributed by atoms with E-state index in [1.54, 1.807) is 4.90 Å². The average Bonchev–Trinajstić information content (AvgIpc) is 2.41. The van der Waals surface area contributed by atoms with Gasteiger partial charge >= 0.3 is 0 Å². The summed E-state index contributed by atoms with van der Waals surface area (Å²) in [4.78, 5) is 24.7. The van der Waals surface area contributed by atoms with E-state index in [1.165, 1.54) is 5.56 Å². The van der Waals surface area contributed by atoms with E-state index < -0.39 is 0 Å². The van der Waals surface area contributed by atoms with Crippen LogP contribution in [0.1, 0.15) is 37.3 Å². The van der Waals surface area contributed by atoms with Gasteiger partial charge in [-0.05, 0) is 30.0 Å². The Morgan fingerprint density at radius 2 is 2.16 bits per heavy atom. The maximum absolute atomic E-state index is 11.6. The van der Waals surface area contributed by atoms with E-state index >= 15 is 0 Å². The second-order valence-electron chi connectivity index (χ2n) is 4.94. The van der Waals surface area contributed by atoms with Crippen molar-refractivity contribution in [3.63, 3.8) is 0 Å². The standard InChI is InChI=1S/C15H20N2O2/c1-3-4-14(18)16-10-11-5-7-13-12(9-11)6-8-15(19)17(13)2/h5,7,9H,3-4,6,8,10H2,1-2H3,(H,16,18). The zero-order chi connectivity index (χ0) is 13.8. The van der Waals surface area contributed by atoms with Crippen molar-refractivity contribution in [1.29, 1.82) is 0 Å². The Bertz CT molecular complexity index is 497. The fourth-order valence-electron chi connectivity index (χ4n) is 2.34. The molecule has 0 spiro atoms.